The van der Waals surface area contributed by atoms with Crippen LogP contribution in [0.5, 0.6) is 0 Å². The lowest BCUT2D eigenvalue weighted by atomic mass is 9.86. The molecule has 0 aliphatic carbocycles. The lowest BCUT2D eigenvalue weighted by molar-refractivity contribution is -0.141. The van der Waals surface area contributed by atoms with Crippen LogP contribution in [-0.2, 0) is 30.4 Å². The summed E-state index contributed by atoms with van der Waals surface area (Å²) in [7, 11) is 0. The average Bonchev–Trinajstić information content (AvgIpc) is 3.39. The molecule has 0 aliphatic heterocycles. The summed E-state index contributed by atoms with van der Waals surface area (Å²) in [6, 6.07) is 17.8. The molecule has 1 amide bonds. The second-order valence-electron chi connectivity index (χ2n) is 11.0. The summed E-state index contributed by atoms with van der Waals surface area (Å²) in [4.78, 5) is 30.0. The minimum Gasteiger partial charge on any atom is -0.366 e. The van der Waals surface area contributed by atoms with Gasteiger partial charge in [-0.3, -0.25) is 19.3 Å². The molecular formula is C35H28F6N4O2. The van der Waals surface area contributed by atoms with Gasteiger partial charge in [-0.1, -0.05) is 49.4 Å². The summed E-state index contributed by atoms with van der Waals surface area (Å²) in [5.74, 6) is -4.89. The van der Waals surface area contributed by atoms with E-state index in [2.05, 4.69) is 10.1 Å². The highest BCUT2D eigenvalue weighted by Gasteiger charge is 2.39. The minimum absolute atomic E-state index is 0.0862. The van der Waals surface area contributed by atoms with Crippen molar-refractivity contribution in [3.8, 4) is 22.3 Å². The van der Waals surface area contributed by atoms with Crippen molar-refractivity contribution in [2.75, 3.05) is 0 Å². The monoisotopic (exact) mass is 650 g/mol. The van der Waals surface area contributed by atoms with Gasteiger partial charge >= 0.3 is 6.18 Å². The van der Waals surface area contributed by atoms with Crippen molar-refractivity contribution in [1.82, 2.24) is 14.8 Å². The van der Waals surface area contributed by atoms with Crippen molar-refractivity contribution < 1.29 is 35.9 Å². The number of alkyl halides is 3. The summed E-state index contributed by atoms with van der Waals surface area (Å²) in [6.45, 7) is 1.15. The number of benzene rings is 3. The van der Waals surface area contributed by atoms with Gasteiger partial charge in [0.1, 0.15) is 17.5 Å². The number of carbonyl (C=O) groups excluding carboxylic acids is 2. The number of rotatable bonds is 11. The Labute approximate surface area is 265 Å². The number of nitrogens with two attached hydrogens (primary N) is 1. The van der Waals surface area contributed by atoms with Gasteiger partial charge < -0.3 is 5.73 Å². The molecule has 0 bridgehead atoms. The number of hydrogen-bond acceptors (Lipinski definition) is 4. The van der Waals surface area contributed by atoms with Gasteiger partial charge in [0.25, 0.3) is 5.91 Å². The number of hydrogen-bond donors (Lipinski definition) is 1. The van der Waals surface area contributed by atoms with E-state index in [0.29, 0.717) is 22.8 Å². The fourth-order valence-electron chi connectivity index (χ4n) is 5.75. The summed E-state index contributed by atoms with van der Waals surface area (Å²) in [5.41, 5.74) is 5.46. The van der Waals surface area contributed by atoms with Gasteiger partial charge in [-0.2, -0.15) is 18.3 Å². The Morgan fingerprint density at radius 3 is 2.23 bits per heavy atom. The number of amides is 1. The first kappa shape index (κ1) is 33.1. The maximum Gasteiger partial charge on any atom is 0.435 e. The van der Waals surface area contributed by atoms with Crippen LogP contribution in [0, 0.1) is 17.5 Å². The number of carbonyl (C=O) groups is 2. The molecule has 0 saturated carbocycles. The third-order valence-corrected chi connectivity index (χ3v) is 7.70. The van der Waals surface area contributed by atoms with Crippen LogP contribution in [0.1, 0.15) is 52.3 Å². The van der Waals surface area contributed by atoms with Gasteiger partial charge in [-0.05, 0) is 59.9 Å². The molecular weight excluding hydrogens is 622 g/mol. The first-order valence-corrected chi connectivity index (χ1v) is 14.6. The molecule has 0 saturated heterocycles. The van der Waals surface area contributed by atoms with Gasteiger partial charge in [0.15, 0.2) is 11.5 Å². The molecule has 47 heavy (non-hydrogen) atoms. The molecule has 6 nitrogen and oxygen atoms in total. The number of nitrogens with zero attached hydrogens (tertiary/aromatic N) is 3. The Kier molecular flexibility index (Phi) is 9.59. The van der Waals surface area contributed by atoms with E-state index in [0.717, 1.165) is 22.9 Å². The highest BCUT2D eigenvalue weighted by Crippen LogP contribution is 2.39. The van der Waals surface area contributed by atoms with Crippen molar-refractivity contribution in [1.29, 1.82) is 0 Å². The van der Waals surface area contributed by atoms with Crippen molar-refractivity contribution in [3.63, 3.8) is 0 Å². The van der Waals surface area contributed by atoms with E-state index >= 15 is 0 Å². The summed E-state index contributed by atoms with van der Waals surface area (Å²) < 4.78 is 86.2. The summed E-state index contributed by atoms with van der Waals surface area (Å²) >= 11 is 0. The maximum atomic E-state index is 14.3. The second-order valence-corrected chi connectivity index (χ2v) is 11.0. The molecule has 0 radical (unpaired) electrons. The van der Waals surface area contributed by atoms with Gasteiger partial charge in [-0.25, -0.2) is 13.2 Å². The maximum absolute atomic E-state index is 14.3. The van der Waals surface area contributed by atoms with E-state index in [1.165, 1.54) is 30.5 Å². The average molecular weight is 651 g/mol. The molecule has 242 valence electrons. The molecule has 0 fully saturated rings. The standard InChI is InChI=1S/C35H28F6N4O2/c1-2-30-31(21-7-4-3-5-8-21)33(35(39,40)41)44-45(30)19-26(46)16-23(13-20-14-24(36)18-25(37)15-20)32-27(9-6-12-43-32)22-10-11-29(38)28(17-22)34(42)47/h3-12,14-15,17-18,23H,2,13,16,19H2,1H3,(H2,42,47)/t23-/m1/s1. The fourth-order valence-corrected chi connectivity index (χ4v) is 5.75. The third-order valence-electron chi connectivity index (χ3n) is 7.70. The van der Waals surface area contributed by atoms with Gasteiger partial charge in [-0.15, -0.1) is 0 Å². The molecule has 2 N–H and O–H groups in total. The predicted octanol–water partition coefficient (Wildman–Crippen LogP) is 7.70. The molecule has 12 heteroatoms. The number of pyridine rings is 1. The molecule has 1 atom stereocenters. The van der Waals surface area contributed by atoms with Crippen LogP contribution in [0.2, 0.25) is 0 Å². The zero-order valence-corrected chi connectivity index (χ0v) is 25.0. The first-order chi connectivity index (χ1) is 22.3. The number of Topliss-reactive ketones (excluding diaryl/α,β-unsaturated/α-hetero) is 1. The van der Waals surface area contributed by atoms with Crippen LogP contribution in [0.25, 0.3) is 22.3 Å². The molecule has 5 aromatic rings. The smallest absolute Gasteiger partial charge is 0.366 e. The Bertz CT molecular complexity index is 1920. The largest absolute Gasteiger partial charge is 0.435 e. The van der Waals surface area contributed by atoms with Crippen molar-refractivity contribution in [2.24, 2.45) is 5.73 Å². The van der Waals surface area contributed by atoms with E-state index in [9.17, 15) is 35.9 Å². The molecule has 3 aromatic carbocycles. The Hall–Kier alpha value is -5.26. The summed E-state index contributed by atoms with van der Waals surface area (Å²) in [6.07, 6.45) is -3.61. The molecule has 5 rings (SSSR count). The first-order valence-electron chi connectivity index (χ1n) is 14.6. The third kappa shape index (κ3) is 7.43. The highest BCUT2D eigenvalue weighted by molar-refractivity contribution is 5.94. The van der Waals surface area contributed by atoms with Crippen LogP contribution in [0.15, 0.2) is 85.1 Å². The van der Waals surface area contributed by atoms with E-state index < -0.39 is 53.5 Å². The predicted molar refractivity (Wildman–Crippen MR) is 163 cm³/mol. The van der Waals surface area contributed by atoms with Crippen LogP contribution in [0.3, 0.4) is 0 Å². The van der Waals surface area contributed by atoms with E-state index in [1.807, 2.05) is 0 Å². The highest BCUT2D eigenvalue weighted by atomic mass is 19.4. The fraction of sp³-hybridized carbons (Fsp3) is 0.200. The van der Waals surface area contributed by atoms with E-state index in [1.54, 1.807) is 37.3 Å². The minimum atomic E-state index is -4.80. The Morgan fingerprint density at radius 1 is 0.894 bits per heavy atom. The normalized spacial score (nSPS) is 12.2. The van der Waals surface area contributed by atoms with Crippen molar-refractivity contribution >= 4 is 11.7 Å². The van der Waals surface area contributed by atoms with Crippen LogP contribution in [0.4, 0.5) is 26.3 Å². The van der Waals surface area contributed by atoms with Gasteiger partial charge in [0, 0.05) is 41.4 Å². The topological polar surface area (TPSA) is 90.9 Å². The molecule has 2 heterocycles. The zero-order valence-electron chi connectivity index (χ0n) is 25.0. The number of ketones is 1. The quantitative estimate of drug-likeness (QED) is 0.148. The van der Waals surface area contributed by atoms with Crippen LogP contribution < -0.4 is 5.73 Å². The lowest BCUT2D eigenvalue weighted by Gasteiger charge is -2.20. The number of halogens is 6. The molecule has 2 aromatic heterocycles. The Balaban J connectivity index is 1.56. The van der Waals surface area contributed by atoms with Crippen molar-refractivity contribution in [3.05, 3.63) is 131 Å². The van der Waals surface area contributed by atoms with E-state index in [-0.39, 0.29) is 47.3 Å². The van der Waals surface area contributed by atoms with Crippen LogP contribution >= 0.6 is 0 Å². The lowest BCUT2D eigenvalue weighted by Crippen LogP contribution is -2.19. The van der Waals surface area contributed by atoms with Crippen molar-refractivity contribution in [2.45, 2.75) is 44.8 Å². The molecule has 0 unspecified atom stereocenters. The number of aromatic nitrogens is 3. The summed E-state index contributed by atoms with van der Waals surface area (Å²) in [5, 5.41) is 3.83. The van der Waals surface area contributed by atoms with Crippen LogP contribution in [-0.4, -0.2) is 26.5 Å². The number of primary amides is 1. The van der Waals surface area contributed by atoms with Gasteiger partial charge in [0.05, 0.1) is 17.8 Å². The molecule has 0 spiro atoms. The zero-order chi connectivity index (χ0) is 33.9. The second kappa shape index (κ2) is 13.6. The Morgan fingerprint density at radius 2 is 1.60 bits per heavy atom. The van der Waals surface area contributed by atoms with E-state index in [4.69, 9.17) is 5.73 Å². The SMILES string of the molecule is CCc1c(-c2ccccc2)c(C(F)(F)F)nn1CC(=O)C[C@@H](Cc1cc(F)cc(F)c1)c1ncccc1-c1ccc(F)c(C(N)=O)c1. The molecule has 0 aliphatic rings. The van der Waals surface area contributed by atoms with Gasteiger partial charge in [0.2, 0.25) is 0 Å².